The molecule has 162 valence electrons. The summed E-state index contributed by atoms with van der Waals surface area (Å²) >= 11 is 1.29. The lowest BCUT2D eigenvalue weighted by atomic mass is 9.85. The van der Waals surface area contributed by atoms with Gasteiger partial charge in [-0.15, -0.1) is 10.2 Å². The Bertz CT molecular complexity index is 844. The molecule has 1 fully saturated rings. The number of amides is 3. The summed E-state index contributed by atoms with van der Waals surface area (Å²) in [5.74, 6) is 0.945. The van der Waals surface area contributed by atoms with Crippen LogP contribution in [-0.2, 0) is 9.53 Å². The molecule has 2 atom stereocenters. The lowest BCUT2D eigenvalue weighted by Gasteiger charge is -2.31. The smallest absolute Gasteiger partial charge is 0.321 e. The van der Waals surface area contributed by atoms with Crippen molar-refractivity contribution in [1.82, 2.24) is 30.4 Å². The van der Waals surface area contributed by atoms with Crippen molar-refractivity contribution < 1.29 is 14.3 Å². The second-order valence-electron chi connectivity index (χ2n) is 7.33. The first-order valence-electron chi connectivity index (χ1n) is 10.1. The number of urea groups is 1. The number of methoxy groups -OCH3 is 1. The van der Waals surface area contributed by atoms with Gasteiger partial charge in [0.2, 0.25) is 5.91 Å². The van der Waals surface area contributed by atoms with E-state index in [9.17, 15) is 9.59 Å². The average Bonchev–Trinajstić information content (AvgIpc) is 3.17. The normalized spacial score (nSPS) is 18.7. The summed E-state index contributed by atoms with van der Waals surface area (Å²) in [6.45, 7) is 2.98. The van der Waals surface area contributed by atoms with Crippen LogP contribution < -0.4 is 10.6 Å². The third-order valence-corrected chi connectivity index (χ3v) is 6.10. The highest BCUT2D eigenvalue weighted by Crippen LogP contribution is 2.38. The molecule has 0 bridgehead atoms. The zero-order valence-corrected chi connectivity index (χ0v) is 18.2. The molecule has 0 unspecified atom stereocenters. The van der Waals surface area contributed by atoms with Crippen LogP contribution in [0.3, 0.4) is 0 Å². The minimum atomic E-state index is -0.531. The summed E-state index contributed by atoms with van der Waals surface area (Å²) in [5.41, 5.74) is 0.900. The van der Waals surface area contributed by atoms with Crippen molar-refractivity contribution in [3.8, 4) is 11.4 Å². The number of ether oxygens (including phenoxy) is 1. The SMILES string of the molecule is COCCNC(=O)NC(=O)CSc1nnc(-c2cccnc2)n1[C@@H]1CCCC[C@@H]1C. The number of nitrogens with one attached hydrogen (secondary N) is 2. The van der Waals surface area contributed by atoms with Gasteiger partial charge in [-0.05, 0) is 30.9 Å². The van der Waals surface area contributed by atoms with Crippen molar-refractivity contribution in [1.29, 1.82) is 0 Å². The quantitative estimate of drug-likeness (QED) is 0.487. The summed E-state index contributed by atoms with van der Waals surface area (Å²) in [6, 6.07) is 3.58. The fourth-order valence-corrected chi connectivity index (χ4v) is 4.44. The maximum atomic E-state index is 12.2. The van der Waals surface area contributed by atoms with E-state index in [0.29, 0.717) is 24.2 Å². The zero-order chi connectivity index (χ0) is 21.3. The van der Waals surface area contributed by atoms with Gasteiger partial charge in [-0.25, -0.2) is 4.79 Å². The minimum Gasteiger partial charge on any atom is -0.383 e. The molecule has 2 N–H and O–H groups in total. The second kappa shape index (κ2) is 11.1. The Balaban J connectivity index is 1.72. The van der Waals surface area contributed by atoms with E-state index < -0.39 is 6.03 Å². The van der Waals surface area contributed by atoms with Crippen molar-refractivity contribution in [3.63, 3.8) is 0 Å². The summed E-state index contributed by atoms with van der Waals surface area (Å²) in [4.78, 5) is 28.1. The molecule has 2 aromatic rings. The Morgan fingerprint density at radius 2 is 2.13 bits per heavy atom. The molecule has 3 rings (SSSR count). The number of nitrogens with zero attached hydrogens (tertiary/aromatic N) is 4. The highest BCUT2D eigenvalue weighted by molar-refractivity contribution is 7.99. The van der Waals surface area contributed by atoms with Gasteiger partial charge in [-0.3, -0.25) is 19.7 Å². The molecule has 1 aliphatic rings. The number of carbonyl (C=O) groups is 2. The average molecular weight is 433 g/mol. The third-order valence-electron chi connectivity index (χ3n) is 5.16. The monoisotopic (exact) mass is 432 g/mol. The number of rotatable bonds is 8. The molecule has 9 nitrogen and oxygen atoms in total. The fraction of sp³-hybridized carbons (Fsp3) is 0.550. The van der Waals surface area contributed by atoms with Crippen LogP contribution in [0.15, 0.2) is 29.7 Å². The maximum Gasteiger partial charge on any atom is 0.321 e. The fourth-order valence-electron chi connectivity index (χ4n) is 3.65. The molecule has 0 radical (unpaired) electrons. The first kappa shape index (κ1) is 22.2. The van der Waals surface area contributed by atoms with Gasteiger partial charge in [-0.1, -0.05) is 31.5 Å². The standard InChI is InChI=1S/C20H28N6O3S/c1-14-6-3-4-8-16(14)26-18(15-7-5-9-21-12-15)24-25-20(26)30-13-17(27)23-19(28)22-10-11-29-2/h5,7,9,12,14,16H,3-4,6,8,10-11,13H2,1-2H3,(H2,22,23,27,28)/t14-,16+/m0/s1. The molecular weight excluding hydrogens is 404 g/mol. The lowest BCUT2D eigenvalue weighted by molar-refractivity contribution is -0.117. The minimum absolute atomic E-state index is 0.0734. The van der Waals surface area contributed by atoms with Gasteiger partial charge < -0.3 is 10.1 Å². The summed E-state index contributed by atoms with van der Waals surface area (Å²) in [7, 11) is 1.55. The Hall–Kier alpha value is -2.46. The molecule has 0 saturated heterocycles. The Kier molecular flexibility index (Phi) is 8.21. The van der Waals surface area contributed by atoms with Crippen molar-refractivity contribution in [3.05, 3.63) is 24.5 Å². The van der Waals surface area contributed by atoms with E-state index in [2.05, 4.69) is 37.3 Å². The summed E-state index contributed by atoms with van der Waals surface area (Å²) in [5, 5.41) is 14.3. The number of hydrogen-bond acceptors (Lipinski definition) is 7. The first-order chi connectivity index (χ1) is 14.6. The molecule has 2 heterocycles. The summed E-state index contributed by atoms with van der Waals surface area (Å²) in [6.07, 6.45) is 8.09. The van der Waals surface area contributed by atoms with Crippen LogP contribution in [0.4, 0.5) is 4.79 Å². The van der Waals surface area contributed by atoms with Gasteiger partial charge in [0.25, 0.3) is 0 Å². The Morgan fingerprint density at radius 3 is 2.87 bits per heavy atom. The van der Waals surface area contributed by atoms with Gasteiger partial charge >= 0.3 is 6.03 Å². The topological polar surface area (TPSA) is 111 Å². The largest absolute Gasteiger partial charge is 0.383 e. The summed E-state index contributed by atoms with van der Waals surface area (Å²) < 4.78 is 7.02. The molecule has 0 aromatic carbocycles. The van der Waals surface area contributed by atoms with Crippen LogP contribution in [0, 0.1) is 5.92 Å². The Morgan fingerprint density at radius 1 is 1.30 bits per heavy atom. The molecule has 3 amide bonds. The van der Waals surface area contributed by atoms with Crippen LogP contribution in [0.25, 0.3) is 11.4 Å². The van der Waals surface area contributed by atoms with E-state index in [0.717, 1.165) is 30.7 Å². The second-order valence-corrected chi connectivity index (χ2v) is 8.28. The van der Waals surface area contributed by atoms with E-state index in [4.69, 9.17) is 4.74 Å². The van der Waals surface area contributed by atoms with Crippen molar-refractivity contribution in [2.24, 2.45) is 5.92 Å². The van der Waals surface area contributed by atoms with Gasteiger partial charge in [-0.2, -0.15) is 0 Å². The predicted octanol–water partition coefficient (Wildman–Crippen LogP) is 2.66. The molecule has 0 spiro atoms. The van der Waals surface area contributed by atoms with Crippen LogP contribution >= 0.6 is 11.8 Å². The van der Waals surface area contributed by atoms with Crippen LogP contribution in [-0.4, -0.2) is 57.7 Å². The maximum absolute atomic E-state index is 12.2. The van der Waals surface area contributed by atoms with E-state index >= 15 is 0 Å². The van der Waals surface area contributed by atoms with E-state index in [1.165, 1.54) is 18.2 Å². The lowest BCUT2D eigenvalue weighted by Crippen LogP contribution is -2.41. The van der Waals surface area contributed by atoms with E-state index in [1.54, 1.807) is 19.5 Å². The molecule has 10 heteroatoms. The van der Waals surface area contributed by atoms with E-state index in [-0.39, 0.29) is 17.7 Å². The number of hydrogen-bond donors (Lipinski definition) is 2. The number of carbonyl (C=O) groups excluding carboxylic acids is 2. The number of aromatic nitrogens is 4. The van der Waals surface area contributed by atoms with Crippen LogP contribution in [0.1, 0.15) is 38.6 Å². The van der Waals surface area contributed by atoms with Crippen LogP contribution in [0.2, 0.25) is 0 Å². The molecule has 1 aliphatic carbocycles. The highest BCUT2D eigenvalue weighted by Gasteiger charge is 2.29. The van der Waals surface area contributed by atoms with Gasteiger partial charge in [0.05, 0.1) is 12.4 Å². The van der Waals surface area contributed by atoms with Crippen molar-refractivity contribution in [2.45, 2.75) is 43.8 Å². The van der Waals surface area contributed by atoms with Crippen LogP contribution in [0.5, 0.6) is 0 Å². The predicted molar refractivity (Wildman–Crippen MR) is 114 cm³/mol. The number of imide groups is 1. The molecule has 0 aliphatic heterocycles. The van der Waals surface area contributed by atoms with Crippen molar-refractivity contribution >= 4 is 23.7 Å². The first-order valence-corrected chi connectivity index (χ1v) is 11.1. The van der Waals surface area contributed by atoms with Gasteiger partial charge in [0, 0.05) is 37.7 Å². The van der Waals surface area contributed by atoms with Gasteiger partial charge in [0.15, 0.2) is 11.0 Å². The zero-order valence-electron chi connectivity index (χ0n) is 17.3. The molecule has 30 heavy (non-hydrogen) atoms. The highest BCUT2D eigenvalue weighted by atomic mass is 32.2. The third kappa shape index (κ3) is 5.79. The van der Waals surface area contributed by atoms with E-state index in [1.807, 2.05) is 12.1 Å². The Labute approximate surface area is 180 Å². The van der Waals surface area contributed by atoms with Gasteiger partial charge in [0.1, 0.15) is 0 Å². The number of thioether (sulfide) groups is 1. The van der Waals surface area contributed by atoms with Crippen molar-refractivity contribution in [2.75, 3.05) is 26.0 Å². The molecular formula is C20H28N6O3S. The number of pyridine rings is 1. The molecule has 1 saturated carbocycles. The molecule has 2 aromatic heterocycles.